The molecule has 1 aromatic carbocycles. The molecule has 0 heterocycles. The number of carbonyl (C=O) groups excluding carboxylic acids is 1. The van der Waals surface area contributed by atoms with Crippen LogP contribution in [0.5, 0.6) is 5.75 Å². The molecule has 0 aliphatic heterocycles. The molecule has 1 N–H and O–H groups in total. The average molecular weight is 358 g/mol. The second-order valence-corrected chi connectivity index (χ2v) is 5.84. The minimum absolute atomic E-state index is 0.0601. The third-order valence-electron chi connectivity index (χ3n) is 3.24. The Morgan fingerprint density at radius 3 is 2.62 bits per heavy atom. The summed E-state index contributed by atoms with van der Waals surface area (Å²) >= 11 is 3.41. The molecule has 0 spiro atoms. The molecule has 1 amide bonds. The number of aryl methyl sites for hydroxylation is 1. The number of methoxy groups -OCH3 is 1. The Hall–Kier alpha value is -1.56. The van der Waals surface area contributed by atoms with Gasteiger partial charge in [0.15, 0.2) is 0 Å². The molecule has 1 rings (SSSR count). The van der Waals surface area contributed by atoms with E-state index in [0.717, 1.165) is 15.8 Å². The topological polar surface area (TPSA) is 66.8 Å². The number of hydrogen-bond donors (Lipinski definition) is 1. The number of rotatable bonds is 7. The Morgan fingerprint density at radius 1 is 1.43 bits per heavy atom. The zero-order valence-corrected chi connectivity index (χ0v) is 14.0. The van der Waals surface area contributed by atoms with Crippen molar-refractivity contribution in [1.82, 2.24) is 4.90 Å². The van der Waals surface area contributed by atoms with Crippen LogP contribution < -0.4 is 4.74 Å². The maximum absolute atomic E-state index is 12.0. The molecule has 0 aliphatic rings. The van der Waals surface area contributed by atoms with Crippen molar-refractivity contribution in [2.45, 2.75) is 19.8 Å². The smallest absolute Gasteiger partial charge is 0.308 e. The van der Waals surface area contributed by atoms with E-state index in [1.807, 2.05) is 18.2 Å². The Labute approximate surface area is 133 Å². The van der Waals surface area contributed by atoms with Gasteiger partial charge in [-0.05, 0) is 40.0 Å². The monoisotopic (exact) mass is 357 g/mol. The number of halogens is 1. The number of carboxylic acids is 1. The number of benzene rings is 1. The number of carbonyl (C=O) groups is 2. The van der Waals surface area contributed by atoms with Gasteiger partial charge in [0.25, 0.3) is 0 Å². The highest BCUT2D eigenvalue weighted by Gasteiger charge is 2.17. The van der Waals surface area contributed by atoms with Crippen LogP contribution in [0.15, 0.2) is 22.7 Å². The van der Waals surface area contributed by atoms with Crippen molar-refractivity contribution < 1.29 is 19.4 Å². The molecule has 1 unspecified atom stereocenters. The molecule has 6 heteroatoms. The summed E-state index contributed by atoms with van der Waals surface area (Å²) in [5.41, 5.74) is 1.02. The van der Waals surface area contributed by atoms with Gasteiger partial charge in [0.05, 0.1) is 17.5 Å². The van der Waals surface area contributed by atoms with Crippen molar-refractivity contribution in [2.24, 2.45) is 5.92 Å². The summed E-state index contributed by atoms with van der Waals surface area (Å²) in [7, 11) is 3.23. The molecule has 5 nitrogen and oxygen atoms in total. The van der Waals surface area contributed by atoms with Crippen LogP contribution >= 0.6 is 15.9 Å². The average Bonchev–Trinajstić information content (AvgIpc) is 2.44. The summed E-state index contributed by atoms with van der Waals surface area (Å²) in [6.45, 7) is 1.81. The van der Waals surface area contributed by atoms with E-state index in [1.165, 1.54) is 4.90 Å². The lowest BCUT2D eigenvalue weighted by molar-refractivity contribution is -0.142. The van der Waals surface area contributed by atoms with Crippen molar-refractivity contribution >= 4 is 27.8 Å². The quantitative estimate of drug-likeness (QED) is 0.814. The van der Waals surface area contributed by atoms with E-state index in [1.54, 1.807) is 21.1 Å². The number of hydrogen-bond acceptors (Lipinski definition) is 3. The van der Waals surface area contributed by atoms with Crippen molar-refractivity contribution in [3.63, 3.8) is 0 Å². The lowest BCUT2D eigenvalue weighted by Crippen LogP contribution is -2.33. The van der Waals surface area contributed by atoms with Crippen LogP contribution in [0.3, 0.4) is 0 Å². The molecular formula is C15H20BrNO4. The first-order valence-corrected chi connectivity index (χ1v) is 7.43. The first-order chi connectivity index (χ1) is 9.85. The van der Waals surface area contributed by atoms with E-state index < -0.39 is 11.9 Å². The van der Waals surface area contributed by atoms with E-state index in [0.29, 0.717) is 12.8 Å². The highest BCUT2D eigenvalue weighted by Crippen LogP contribution is 2.26. The van der Waals surface area contributed by atoms with Crippen LogP contribution in [0, 0.1) is 5.92 Å². The normalized spacial score (nSPS) is 11.8. The molecule has 0 saturated heterocycles. The van der Waals surface area contributed by atoms with E-state index in [-0.39, 0.29) is 12.5 Å². The largest absolute Gasteiger partial charge is 0.496 e. The SMILES string of the molecule is COc1ccc(CCC(=O)N(C)CC(C)C(=O)O)cc1Br. The van der Waals surface area contributed by atoms with Gasteiger partial charge in [-0.2, -0.15) is 0 Å². The number of amides is 1. The lowest BCUT2D eigenvalue weighted by atomic mass is 10.1. The van der Waals surface area contributed by atoms with Crippen LogP contribution in [-0.2, 0) is 16.0 Å². The Bertz CT molecular complexity index is 518. The lowest BCUT2D eigenvalue weighted by Gasteiger charge is -2.19. The highest BCUT2D eigenvalue weighted by molar-refractivity contribution is 9.10. The van der Waals surface area contributed by atoms with Gasteiger partial charge in [-0.25, -0.2) is 0 Å². The fraction of sp³-hybridized carbons (Fsp3) is 0.467. The van der Waals surface area contributed by atoms with Crippen LogP contribution in [0.1, 0.15) is 18.9 Å². The van der Waals surface area contributed by atoms with E-state index in [2.05, 4.69) is 15.9 Å². The van der Waals surface area contributed by atoms with Crippen LogP contribution in [0.25, 0.3) is 0 Å². The summed E-state index contributed by atoms with van der Waals surface area (Å²) in [4.78, 5) is 24.2. The predicted octanol–water partition coefficient (Wildman–Crippen LogP) is 2.57. The minimum Gasteiger partial charge on any atom is -0.496 e. The molecule has 0 radical (unpaired) electrons. The summed E-state index contributed by atoms with van der Waals surface area (Å²) in [5.74, 6) is -0.768. The molecule has 21 heavy (non-hydrogen) atoms. The highest BCUT2D eigenvalue weighted by atomic mass is 79.9. The Balaban J connectivity index is 2.52. The van der Waals surface area contributed by atoms with E-state index >= 15 is 0 Å². The van der Waals surface area contributed by atoms with Gasteiger partial charge in [0.1, 0.15) is 5.75 Å². The van der Waals surface area contributed by atoms with Gasteiger partial charge in [-0.1, -0.05) is 13.0 Å². The minimum atomic E-state index is -0.895. The first kappa shape index (κ1) is 17.5. The zero-order chi connectivity index (χ0) is 16.0. The van der Waals surface area contributed by atoms with Gasteiger partial charge in [0.2, 0.25) is 5.91 Å². The molecule has 0 fully saturated rings. The number of aliphatic carboxylic acids is 1. The van der Waals surface area contributed by atoms with Crippen molar-refractivity contribution in [2.75, 3.05) is 20.7 Å². The predicted molar refractivity (Wildman–Crippen MR) is 83.5 cm³/mol. The molecule has 1 aromatic rings. The first-order valence-electron chi connectivity index (χ1n) is 6.64. The van der Waals surface area contributed by atoms with Crippen molar-refractivity contribution in [3.05, 3.63) is 28.2 Å². The molecular weight excluding hydrogens is 338 g/mol. The third kappa shape index (κ3) is 5.38. The van der Waals surface area contributed by atoms with E-state index in [4.69, 9.17) is 9.84 Å². The van der Waals surface area contributed by atoms with Gasteiger partial charge in [-0.3, -0.25) is 9.59 Å². The maximum atomic E-state index is 12.0. The molecule has 0 aliphatic carbocycles. The summed E-state index contributed by atoms with van der Waals surface area (Å²) in [6, 6.07) is 5.68. The van der Waals surface area contributed by atoms with Crippen LogP contribution in [0.2, 0.25) is 0 Å². The Kier molecular flexibility index (Phi) is 6.68. The van der Waals surface area contributed by atoms with Gasteiger partial charge >= 0.3 is 5.97 Å². The third-order valence-corrected chi connectivity index (χ3v) is 3.86. The zero-order valence-electron chi connectivity index (χ0n) is 12.4. The van der Waals surface area contributed by atoms with Crippen molar-refractivity contribution in [1.29, 1.82) is 0 Å². The van der Waals surface area contributed by atoms with E-state index in [9.17, 15) is 9.59 Å². The number of ether oxygens (including phenoxy) is 1. The second-order valence-electron chi connectivity index (χ2n) is 4.98. The summed E-state index contributed by atoms with van der Waals surface area (Å²) in [6.07, 6.45) is 0.953. The Morgan fingerprint density at radius 2 is 2.10 bits per heavy atom. The van der Waals surface area contributed by atoms with Crippen LogP contribution in [0.4, 0.5) is 0 Å². The fourth-order valence-corrected chi connectivity index (χ4v) is 2.49. The molecule has 116 valence electrons. The standard InChI is InChI=1S/C15H20BrNO4/c1-10(15(19)20)9-17(2)14(18)7-5-11-4-6-13(21-3)12(16)8-11/h4,6,8,10H,5,7,9H2,1-3H3,(H,19,20). The van der Waals surface area contributed by atoms with Gasteiger partial charge < -0.3 is 14.7 Å². The second kappa shape index (κ2) is 8.02. The maximum Gasteiger partial charge on any atom is 0.308 e. The summed E-state index contributed by atoms with van der Waals surface area (Å²) < 4.78 is 6.00. The summed E-state index contributed by atoms with van der Waals surface area (Å²) in [5, 5.41) is 8.85. The molecule has 0 saturated carbocycles. The molecule has 0 aromatic heterocycles. The molecule has 1 atom stereocenters. The fourth-order valence-electron chi connectivity index (χ4n) is 1.90. The number of nitrogens with zero attached hydrogens (tertiary/aromatic N) is 1. The van der Waals surface area contributed by atoms with Crippen molar-refractivity contribution in [3.8, 4) is 5.75 Å². The van der Waals surface area contributed by atoms with Crippen LogP contribution in [-0.4, -0.2) is 42.6 Å². The number of carboxylic acid groups (broad SMARTS) is 1. The van der Waals surface area contributed by atoms with Gasteiger partial charge in [-0.15, -0.1) is 0 Å². The molecule has 0 bridgehead atoms. The van der Waals surface area contributed by atoms with Gasteiger partial charge in [0, 0.05) is 20.0 Å².